The van der Waals surface area contributed by atoms with E-state index in [-0.39, 0.29) is 0 Å². The van der Waals surface area contributed by atoms with Crippen LogP contribution in [0.4, 0.5) is 0 Å². The molecule has 0 aliphatic carbocycles. The zero-order chi connectivity index (χ0) is 25.9. The Morgan fingerprint density at radius 2 is 0.639 bits per heavy atom. The molecule has 0 saturated carbocycles. The second-order valence-electron chi connectivity index (χ2n) is 11.8. The summed E-state index contributed by atoms with van der Waals surface area (Å²) in [6, 6.07) is 0. The van der Waals surface area contributed by atoms with E-state index in [0.717, 1.165) is 0 Å². The van der Waals surface area contributed by atoms with Gasteiger partial charge in [0.2, 0.25) is 0 Å². The van der Waals surface area contributed by atoms with Gasteiger partial charge in [0, 0.05) is 25.5 Å². The summed E-state index contributed by atoms with van der Waals surface area (Å²) in [6.07, 6.45) is 42.5. The van der Waals surface area contributed by atoms with E-state index in [2.05, 4.69) is 43.0 Å². The first-order valence-electron chi connectivity index (χ1n) is 17.0. The van der Waals surface area contributed by atoms with E-state index in [1.165, 1.54) is 180 Å². The van der Waals surface area contributed by atoms with Crippen LogP contribution < -0.4 is 0 Å². The predicted molar refractivity (Wildman–Crippen MR) is 163 cm³/mol. The second kappa shape index (κ2) is 26.0. The zero-order valence-electron chi connectivity index (χ0n) is 25.4. The first kappa shape index (κ1) is 33.4. The summed E-state index contributed by atoms with van der Waals surface area (Å²) in [6.45, 7) is 9.46. The van der Waals surface area contributed by atoms with E-state index in [1.54, 1.807) is 0 Å². The van der Waals surface area contributed by atoms with Crippen molar-refractivity contribution in [2.45, 2.75) is 194 Å². The summed E-state index contributed by atoms with van der Waals surface area (Å²) >= 11 is 0. The van der Waals surface area contributed by atoms with Crippen LogP contribution in [0.15, 0.2) is 12.4 Å². The minimum atomic E-state index is 0.643. The average Bonchev–Trinajstić information content (AvgIpc) is 3.27. The maximum absolute atomic E-state index is 2.69. The van der Waals surface area contributed by atoms with Crippen molar-refractivity contribution in [2.24, 2.45) is 0 Å². The van der Waals surface area contributed by atoms with Gasteiger partial charge in [-0.05, 0) is 25.7 Å². The van der Waals surface area contributed by atoms with E-state index < -0.39 is 0 Å². The van der Waals surface area contributed by atoms with Gasteiger partial charge in [-0.2, -0.15) is 0 Å². The molecule has 0 bridgehead atoms. The molecule has 2 heteroatoms. The first-order valence-corrected chi connectivity index (χ1v) is 17.0. The van der Waals surface area contributed by atoms with Gasteiger partial charge in [-0.25, -0.2) is 0 Å². The lowest BCUT2D eigenvalue weighted by molar-refractivity contribution is 0.135. The topological polar surface area (TPSA) is 6.48 Å². The van der Waals surface area contributed by atoms with E-state index in [4.69, 9.17) is 0 Å². The monoisotopic (exact) mass is 505 g/mol. The van der Waals surface area contributed by atoms with Crippen molar-refractivity contribution in [2.75, 3.05) is 13.1 Å². The average molecular weight is 505 g/mol. The molecule has 1 rings (SSSR count). The Hall–Kier alpha value is -0.660. The molecular weight excluding hydrogens is 436 g/mol. The molecule has 0 spiro atoms. The fraction of sp³-hybridized carbons (Fsp3) is 0.941. The second-order valence-corrected chi connectivity index (χ2v) is 11.8. The van der Waals surface area contributed by atoms with Crippen LogP contribution in [0.5, 0.6) is 0 Å². The molecule has 0 radical (unpaired) electrons. The van der Waals surface area contributed by atoms with Crippen LogP contribution in [0.1, 0.15) is 188 Å². The lowest BCUT2D eigenvalue weighted by atomic mass is 10.0. The molecule has 214 valence electrons. The molecule has 1 aliphatic rings. The Morgan fingerprint density at radius 3 is 0.972 bits per heavy atom. The molecule has 1 heterocycles. The lowest BCUT2D eigenvalue weighted by Crippen LogP contribution is -2.39. The van der Waals surface area contributed by atoms with Gasteiger partial charge in [0.25, 0.3) is 0 Å². The fourth-order valence-corrected chi connectivity index (χ4v) is 5.83. The fourth-order valence-electron chi connectivity index (χ4n) is 5.83. The summed E-state index contributed by atoms with van der Waals surface area (Å²) in [4.78, 5) is 5.38. The number of hydrogen-bond acceptors (Lipinski definition) is 2. The Morgan fingerprint density at radius 1 is 0.361 bits per heavy atom. The van der Waals surface area contributed by atoms with Crippen molar-refractivity contribution in [1.29, 1.82) is 0 Å². The van der Waals surface area contributed by atoms with Crippen molar-refractivity contribution >= 4 is 0 Å². The first-order chi connectivity index (χ1) is 17.8. The third-order valence-electron chi connectivity index (χ3n) is 8.32. The number of rotatable bonds is 28. The molecule has 1 unspecified atom stereocenters. The molecule has 1 aliphatic heterocycles. The summed E-state index contributed by atoms with van der Waals surface area (Å²) in [5.41, 5.74) is 0. The molecule has 0 fully saturated rings. The van der Waals surface area contributed by atoms with E-state index >= 15 is 0 Å². The Labute approximate surface area is 229 Å². The summed E-state index contributed by atoms with van der Waals surface area (Å²) in [5, 5.41) is 0. The van der Waals surface area contributed by atoms with Crippen molar-refractivity contribution in [3.05, 3.63) is 12.4 Å². The van der Waals surface area contributed by atoms with E-state index in [9.17, 15) is 0 Å². The maximum atomic E-state index is 2.69. The van der Waals surface area contributed by atoms with E-state index in [0.29, 0.717) is 6.17 Å². The van der Waals surface area contributed by atoms with Gasteiger partial charge in [0.05, 0.1) is 0 Å². The minimum Gasteiger partial charge on any atom is -0.356 e. The summed E-state index contributed by atoms with van der Waals surface area (Å²) in [5.74, 6) is 0. The highest BCUT2D eigenvalue weighted by molar-refractivity contribution is 4.97. The van der Waals surface area contributed by atoms with Crippen LogP contribution in [-0.2, 0) is 0 Å². The van der Waals surface area contributed by atoms with Gasteiger partial charge in [-0.1, -0.05) is 162 Å². The van der Waals surface area contributed by atoms with Gasteiger partial charge in [-0.3, -0.25) is 0 Å². The van der Waals surface area contributed by atoms with Gasteiger partial charge >= 0.3 is 0 Å². The normalized spacial score (nSPS) is 15.5. The minimum absolute atomic E-state index is 0.643. The predicted octanol–water partition coefficient (Wildman–Crippen LogP) is 11.6. The third-order valence-corrected chi connectivity index (χ3v) is 8.32. The quantitative estimate of drug-likeness (QED) is 0.0977. The van der Waals surface area contributed by atoms with Crippen molar-refractivity contribution < 1.29 is 0 Å². The molecule has 0 aromatic carbocycles. The largest absolute Gasteiger partial charge is 0.356 e. The summed E-state index contributed by atoms with van der Waals surface area (Å²) in [7, 11) is 0. The molecule has 0 N–H and O–H groups in total. The number of unbranched alkanes of at least 4 members (excludes halogenated alkanes) is 22. The van der Waals surface area contributed by atoms with Crippen LogP contribution in [-0.4, -0.2) is 29.1 Å². The van der Waals surface area contributed by atoms with Crippen molar-refractivity contribution in [1.82, 2.24) is 9.80 Å². The molecule has 0 aromatic heterocycles. The van der Waals surface area contributed by atoms with Crippen LogP contribution in [0.25, 0.3) is 0 Å². The van der Waals surface area contributed by atoms with Gasteiger partial charge in [0.1, 0.15) is 6.17 Å². The Kier molecular flexibility index (Phi) is 24.1. The standard InChI is InChI=1S/C34H68N2/c1-4-7-10-13-15-16-17-18-19-20-21-22-25-28-31-36-33-32-35(30-27-24-12-9-6-3)34(36)29-26-23-14-11-8-5-2/h32-34H,4-31H2,1-3H3. The molecule has 0 saturated heterocycles. The molecule has 36 heavy (non-hydrogen) atoms. The van der Waals surface area contributed by atoms with Crippen LogP contribution >= 0.6 is 0 Å². The Bertz CT molecular complexity index is 460. The van der Waals surface area contributed by atoms with Gasteiger partial charge < -0.3 is 9.80 Å². The summed E-state index contributed by atoms with van der Waals surface area (Å²) < 4.78 is 0. The molecule has 1 atom stereocenters. The van der Waals surface area contributed by atoms with Crippen molar-refractivity contribution in [3.8, 4) is 0 Å². The van der Waals surface area contributed by atoms with E-state index in [1.807, 2.05) is 0 Å². The highest BCUT2D eigenvalue weighted by Gasteiger charge is 2.24. The number of hydrogen-bond donors (Lipinski definition) is 0. The molecule has 2 nitrogen and oxygen atoms in total. The Balaban J connectivity index is 2.13. The van der Waals surface area contributed by atoms with Gasteiger partial charge in [-0.15, -0.1) is 0 Å². The molecule has 0 aromatic rings. The zero-order valence-corrected chi connectivity index (χ0v) is 25.4. The highest BCUT2D eigenvalue weighted by atomic mass is 15.4. The SMILES string of the molecule is CCCCCCCCCCCCCCCCN1C=CN(CCCCCCC)C1CCCCCCCC. The molecular formula is C34H68N2. The third kappa shape index (κ3) is 18.6. The van der Waals surface area contributed by atoms with Crippen LogP contribution in [0.2, 0.25) is 0 Å². The van der Waals surface area contributed by atoms with Crippen molar-refractivity contribution in [3.63, 3.8) is 0 Å². The number of nitrogens with zero attached hydrogens (tertiary/aromatic N) is 2. The van der Waals surface area contributed by atoms with Crippen LogP contribution in [0.3, 0.4) is 0 Å². The maximum Gasteiger partial charge on any atom is 0.101 e. The molecule has 0 amide bonds. The smallest absolute Gasteiger partial charge is 0.101 e. The van der Waals surface area contributed by atoms with Crippen LogP contribution in [0, 0.1) is 0 Å². The van der Waals surface area contributed by atoms with Gasteiger partial charge in [0.15, 0.2) is 0 Å². The highest BCUT2D eigenvalue weighted by Crippen LogP contribution is 2.24. The lowest BCUT2D eigenvalue weighted by Gasteiger charge is -2.33.